The Morgan fingerprint density at radius 2 is 2.11 bits per heavy atom. The second-order valence-electron chi connectivity index (χ2n) is 6.47. The van der Waals surface area contributed by atoms with Crippen LogP contribution in [0.4, 0.5) is 0 Å². The van der Waals surface area contributed by atoms with Crippen molar-refractivity contribution in [2.45, 2.75) is 24.9 Å². The standard InChI is InChI=1S/C19H22N4O3S/c1-2-26-16-7-5-15(6-8-16)22-9-10-23-17(18(22)24)20-21-19(23)27-13-14-4-3-11-25-12-14/h5-10,14H,2-4,11-13H2,1H3. The number of fused-ring (bicyclic) bond motifs is 1. The largest absolute Gasteiger partial charge is 0.494 e. The normalized spacial score (nSPS) is 17.3. The summed E-state index contributed by atoms with van der Waals surface area (Å²) in [7, 11) is 0. The topological polar surface area (TPSA) is 70.7 Å². The van der Waals surface area contributed by atoms with E-state index < -0.39 is 0 Å². The minimum atomic E-state index is -0.193. The average Bonchev–Trinajstić information content (AvgIpc) is 3.13. The molecule has 1 aromatic carbocycles. The van der Waals surface area contributed by atoms with E-state index in [0.29, 0.717) is 18.2 Å². The summed E-state index contributed by atoms with van der Waals surface area (Å²) in [6.45, 7) is 4.21. The number of thioether (sulfide) groups is 1. The first-order valence-electron chi connectivity index (χ1n) is 9.16. The van der Waals surface area contributed by atoms with Crippen molar-refractivity contribution in [3.63, 3.8) is 0 Å². The van der Waals surface area contributed by atoms with Gasteiger partial charge in [0, 0.05) is 30.4 Å². The van der Waals surface area contributed by atoms with E-state index in [2.05, 4.69) is 10.2 Å². The first-order valence-corrected chi connectivity index (χ1v) is 10.1. The van der Waals surface area contributed by atoms with Crippen molar-refractivity contribution in [3.8, 4) is 11.4 Å². The van der Waals surface area contributed by atoms with Crippen LogP contribution in [0.15, 0.2) is 46.6 Å². The minimum Gasteiger partial charge on any atom is -0.494 e. The van der Waals surface area contributed by atoms with Crippen LogP contribution in [0, 0.1) is 5.92 Å². The predicted octanol–water partition coefficient (Wildman–Crippen LogP) is 2.80. The van der Waals surface area contributed by atoms with Gasteiger partial charge in [0.15, 0.2) is 5.16 Å². The maximum Gasteiger partial charge on any atom is 0.300 e. The van der Waals surface area contributed by atoms with Crippen LogP contribution in [0.3, 0.4) is 0 Å². The van der Waals surface area contributed by atoms with E-state index in [9.17, 15) is 4.79 Å². The summed E-state index contributed by atoms with van der Waals surface area (Å²) in [6.07, 6.45) is 5.88. The number of nitrogens with zero attached hydrogens (tertiary/aromatic N) is 4. The Morgan fingerprint density at radius 3 is 2.85 bits per heavy atom. The molecule has 0 saturated carbocycles. The van der Waals surface area contributed by atoms with E-state index in [4.69, 9.17) is 9.47 Å². The molecule has 142 valence electrons. The highest BCUT2D eigenvalue weighted by Crippen LogP contribution is 2.24. The number of ether oxygens (including phenoxy) is 2. The second kappa shape index (κ2) is 8.14. The molecule has 1 unspecified atom stereocenters. The summed E-state index contributed by atoms with van der Waals surface area (Å²) in [4.78, 5) is 12.8. The molecule has 0 spiro atoms. The van der Waals surface area contributed by atoms with Gasteiger partial charge in [-0.1, -0.05) is 11.8 Å². The van der Waals surface area contributed by atoms with Gasteiger partial charge in [-0.15, -0.1) is 10.2 Å². The molecule has 0 N–H and O–H groups in total. The van der Waals surface area contributed by atoms with Crippen molar-refractivity contribution in [1.82, 2.24) is 19.2 Å². The Hall–Kier alpha value is -2.32. The Kier molecular flexibility index (Phi) is 5.45. The van der Waals surface area contributed by atoms with Gasteiger partial charge < -0.3 is 9.47 Å². The van der Waals surface area contributed by atoms with Crippen LogP contribution in [-0.2, 0) is 4.74 Å². The first kappa shape index (κ1) is 18.1. The fraction of sp³-hybridized carbons (Fsp3) is 0.421. The van der Waals surface area contributed by atoms with Crippen LogP contribution in [0.5, 0.6) is 5.75 Å². The van der Waals surface area contributed by atoms with Crippen molar-refractivity contribution in [2.24, 2.45) is 5.92 Å². The lowest BCUT2D eigenvalue weighted by atomic mass is 10.1. The zero-order valence-electron chi connectivity index (χ0n) is 15.2. The van der Waals surface area contributed by atoms with E-state index in [1.807, 2.05) is 37.4 Å². The zero-order valence-corrected chi connectivity index (χ0v) is 16.0. The van der Waals surface area contributed by atoms with Crippen LogP contribution < -0.4 is 10.3 Å². The van der Waals surface area contributed by atoms with Gasteiger partial charge in [-0.3, -0.25) is 13.8 Å². The number of benzene rings is 1. The highest BCUT2D eigenvalue weighted by atomic mass is 32.2. The van der Waals surface area contributed by atoms with Crippen LogP contribution in [-0.4, -0.2) is 44.7 Å². The van der Waals surface area contributed by atoms with Crippen molar-refractivity contribution >= 4 is 17.4 Å². The average molecular weight is 386 g/mol. The summed E-state index contributed by atoms with van der Waals surface area (Å²) < 4.78 is 14.3. The molecule has 0 bridgehead atoms. The molecule has 2 aromatic heterocycles. The Bertz CT molecular complexity index is 961. The van der Waals surface area contributed by atoms with Crippen molar-refractivity contribution in [1.29, 1.82) is 0 Å². The SMILES string of the molecule is CCOc1ccc(-n2ccn3c(SCC4CCCOC4)nnc3c2=O)cc1. The van der Waals surface area contributed by atoms with Crippen molar-refractivity contribution in [3.05, 3.63) is 47.0 Å². The number of hydrogen-bond donors (Lipinski definition) is 0. The van der Waals surface area contributed by atoms with Crippen LogP contribution in [0.1, 0.15) is 19.8 Å². The zero-order chi connectivity index (χ0) is 18.6. The minimum absolute atomic E-state index is 0.193. The van der Waals surface area contributed by atoms with Gasteiger partial charge in [0.1, 0.15) is 5.75 Å². The Morgan fingerprint density at radius 1 is 1.26 bits per heavy atom. The monoisotopic (exact) mass is 386 g/mol. The molecule has 4 rings (SSSR count). The van der Waals surface area contributed by atoms with E-state index in [-0.39, 0.29) is 5.56 Å². The molecule has 27 heavy (non-hydrogen) atoms. The highest BCUT2D eigenvalue weighted by Gasteiger charge is 2.17. The smallest absolute Gasteiger partial charge is 0.300 e. The summed E-state index contributed by atoms with van der Waals surface area (Å²) in [5, 5.41) is 9.08. The molecule has 0 amide bonds. The van der Waals surface area contributed by atoms with Gasteiger partial charge in [0.2, 0.25) is 5.65 Å². The third-order valence-electron chi connectivity index (χ3n) is 4.57. The summed E-state index contributed by atoms with van der Waals surface area (Å²) in [6, 6.07) is 7.43. The van der Waals surface area contributed by atoms with Crippen LogP contribution in [0.2, 0.25) is 0 Å². The van der Waals surface area contributed by atoms with Crippen LogP contribution >= 0.6 is 11.8 Å². The van der Waals surface area contributed by atoms with Gasteiger partial charge in [0.05, 0.1) is 13.2 Å². The molecule has 1 aliphatic rings. The third-order valence-corrected chi connectivity index (χ3v) is 5.74. The fourth-order valence-corrected chi connectivity index (χ4v) is 4.20. The summed E-state index contributed by atoms with van der Waals surface area (Å²) >= 11 is 1.63. The van der Waals surface area contributed by atoms with Gasteiger partial charge in [0.25, 0.3) is 0 Å². The molecule has 7 nitrogen and oxygen atoms in total. The summed E-state index contributed by atoms with van der Waals surface area (Å²) in [5.74, 6) is 2.23. The Labute approximate surface area is 161 Å². The van der Waals surface area contributed by atoms with Gasteiger partial charge in [-0.2, -0.15) is 0 Å². The molecule has 1 fully saturated rings. The maximum absolute atomic E-state index is 12.8. The van der Waals surface area contributed by atoms with Crippen LogP contribution in [0.25, 0.3) is 11.3 Å². The first-order chi connectivity index (χ1) is 13.3. The number of hydrogen-bond acceptors (Lipinski definition) is 6. The molecule has 0 aliphatic carbocycles. The second-order valence-corrected chi connectivity index (χ2v) is 7.46. The predicted molar refractivity (Wildman–Crippen MR) is 104 cm³/mol. The quantitative estimate of drug-likeness (QED) is 0.607. The van der Waals surface area contributed by atoms with Gasteiger partial charge >= 0.3 is 5.56 Å². The molecular weight excluding hydrogens is 364 g/mol. The molecular formula is C19H22N4O3S. The molecule has 1 aliphatic heterocycles. The molecule has 0 radical (unpaired) electrons. The van der Waals surface area contributed by atoms with Gasteiger partial charge in [-0.25, -0.2) is 0 Å². The third kappa shape index (κ3) is 3.86. The highest BCUT2D eigenvalue weighted by molar-refractivity contribution is 7.99. The lowest BCUT2D eigenvalue weighted by Gasteiger charge is -2.20. The fourth-order valence-electron chi connectivity index (χ4n) is 3.17. The van der Waals surface area contributed by atoms with Crippen molar-refractivity contribution < 1.29 is 9.47 Å². The van der Waals surface area contributed by atoms with E-state index in [0.717, 1.165) is 42.0 Å². The number of rotatable bonds is 6. The van der Waals surface area contributed by atoms with Gasteiger partial charge in [-0.05, 0) is 49.9 Å². The van der Waals surface area contributed by atoms with E-state index >= 15 is 0 Å². The molecule has 1 saturated heterocycles. The molecule has 1 atom stereocenters. The Balaban J connectivity index is 1.56. The van der Waals surface area contributed by atoms with Crippen molar-refractivity contribution in [2.75, 3.05) is 25.6 Å². The number of aromatic nitrogens is 4. The molecule has 8 heteroatoms. The summed E-state index contributed by atoms with van der Waals surface area (Å²) in [5.41, 5.74) is 0.901. The maximum atomic E-state index is 12.8. The lowest BCUT2D eigenvalue weighted by molar-refractivity contribution is 0.0632. The molecule has 3 heterocycles. The molecule has 3 aromatic rings. The van der Waals surface area contributed by atoms with E-state index in [1.165, 1.54) is 6.42 Å². The van der Waals surface area contributed by atoms with E-state index in [1.54, 1.807) is 26.9 Å². The lowest BCUT2D eigenvalue weighted by Crippen LogP contribution is -2.20.